The Labute approximate surface area is 199 Å². The van der Waals surface area contributed by atoms with E-state index in [-0.39, 0.29) is 34.5 Å². The fraction of sp³-hybridized carbons (Fsp3) is 0.462. The highest BCUT2D eigenvalue weighted by Gasteiger charge is 2.24. The lowest BCUT2D eigenvalue weighted by molar-refractivity contribution is 0.0910. The normalized spacial score (nSPS) is 15.2. The average Bonchev–Trinajstić information content (AvgIpc) is 2.79. The van der Waals surface area contributed by atoms with Crippen LogP contribution < -0.4 is 16.6 Å². The molecule has 34 heavy (non-hydrogen) atoms. The molecular weight excluding hydrogens is 430 g/mol. The van der Waals surface area contributed by atoms with Gasteiger partial charge in [-0.3, -0.25) is 24.0 Å². The second kappa shape index (κ2) is 9.93. The maximum atomic E-state index is 13.4. The van der Waals surface area contributed by atoms with Crippen molar-refractivity contribution < 1.29 is 4.79 Å². The van der Waals surface area contributed by atoms with Gasteiger partial charge in [0.05, 0.1) is 10.9 Å². The highest BCUT2D eigenvalue weighted by atomic mass is 16.2. The summed E-state index contributed by atoms with van der Waals surface area (Å²) in [6, 6.07) is 10.3. The minimum Gasteiger partial charge on any atom is -0.349 e. The topological polar surface area (TPSA) is 100 Å². The van der Waals surface area contributed by atoms with Crippen molar-refractivity contribution >= 4 is 16.9 Å². The lowest BCUT2D eigenvalue weighted by Crippen LogP contribution is -2.44. The van der Waals surface area contributed by atoms with E-state index in [1.165, 1.54) is 15.7 Å². The molecule has 1 aliphatic rings. The van der Waals surface area contributed by atoms with Gasteiger partial charge < -0.3 is 5.32 Å². The van der Waals surface area contributed by atoms with Gasteiger partial charge in [-0.15, -0.1) is 0 Å². The number of hydrogen-bond donors (Lipinski definition) is 2. The molecule has 0 unspecified atom stereocenters. The zero-order valence-corrected chi connectivity index (χ0v) is 20.4. The number of H-pyrrole nitrogens is 1. The van der Waals surface area contributed by atoms with Gasteiger partial charge in [0.2, 0.25) is 0 Å². The zero-order valence-electron chi connectivity index (χ0n) is 20.4. The standard InChI is InChI=1S/C26H33N5O3/c1-5-31-23-22(25(33)29-26(31)34)20(14-21(28-23)16(2)3)24(32)27-19-9-11-30(12-10-19)15-18-8-6-7-17(4)13-18/h6-8,13-14,16,19H,5,9-12,15H2,1-4H3,(H,27,32)(H,29,33,34). The third-order valence-corrected chi connectivity index (χ3v) is 6.53. The molecule has 2 N–H and O–H groups in total. The molecule has 3 aromatic rings. The maximum Gasteiger partial charge on any atom is 0.329 e. The van der Waals surface area contributed by atoms with Gasteiger partial charge >= 0.3 is 5.69 Å². The number of likely N-dealkylation sites (tertiary alicyclic amines) is 1. The van der Waals surface area contributed by atoms with E-state index in [0.717, 1.165) is 32.5 Å². The summed E-state index contributed by atoms with van der Waals surface area (Å²) in [6.45, 7) is 10.9. The van der Waals surface area contributed by atoms with Gasteiger partial charge in [-0.05, 0) is 44.2 Å². The minimum absolute atomic E-state index is 0.0307. The molecule has 2 aromatic heterocycles. The van der Waals surface area contributed by atoms with Crippen LogP contribution in [0, 0.1) is 6.92 Å². The van der Waals surface area contributed by atoms with E-state index < -0.39 is 11.2 Å². The molecule has 4 rings (SSSR count). The van der Waals surface area contributed by atoms with E-state index in [0.29, 0.717) is 12.2 Å². The first-order chi connectivity index (χ1) is 16.3. The summed E-state index contributed by atoms with van der Waals surface area (Å²) in [5.41, 5.74) is 2.69. The highest BCUT2D eigenvalue weighted by Crippen LogP contribution is 2.21. The molecule has 8 nitrogen and oxygen atoms in total. The van der Waals surface area contributed by atoms with Crippen molar-refractivity contribution in [3.05, 3.63) is 73.6 Å². The Bertz CT molecular complexity index is 1320. The number of fused-ring (bicyclic) bond motifs is 1. The molecule has 0 atom stereocenters. The van der Waals surface area contributed by atoms with Gasteiger partial charge in [-0.2, -0.15) is 0 Å². The lowest BCUT2D eigenvalue weighted by Gasteiger charge is -2.32. The number of nitrogens with zero attached hydrogens (tertiary/aromatic N) is 3. The first kappa shape index (κ1) is 23.9. The van der Waals surface area contributed by atoms with Crippen molar-refractivity contribution in [3.63, 3.8) is 0 Å². The van der Waals surface area contributed by atoms with Crippen LogP contribution in [0.4, 0.5) is 0 Å². The Hall–Kier alpha value is -3.26. The minimum atomic E-state index is -0.578. The molecular formula is C26H33N5O3. The van der Waals surface area contributed by atoms with Gasteiger partial charge in [0.1, 0.15) is 0 Å². The van der Waals surface area contributed by atoms with Crippen molar-refractivity contribution in [2.24, 2.45) is 0 Å². The Morgan fingerprint density at radius 2 is 1.94 bits per heavy atom. The quantitative estimate of drug-likeness (QED) is 0.586. The molecule has 0 spiro atoms. The maximum absolute atomic E-state index is 13.4. The SMILES string of the molecule is CCn1c(=O)[nH]c(=O)c2c(C(=O)NC3CCN(Cc4cccc(C)c4)CC3)cc(C(C)C)nc21. The predicted octanol–water partition coefficient (Wildman–Crippen LogP) is 2.93. The summed E-state index contributed by atoms with van der Waals surface area (Å²) in [7, 11) is 0. The van der Waals surface area contributed by atoms with Crippen LogP contribution in [0.3, 0.4) is 0 Å². The second-order valence-corrected chi connectivity index (χ2v) is 9.46. The average molecular weight is 464 g/mol. The van der Waals surface area contributed by atoms with Crippen LogP contribution in [-0.4, -0.2) is 44.5 Å². The molecule has 0 saturated carbocycles. The molecule has 1 aromatic carbocycles. The number of rotatable bonds is 6. The van der Waals surface area contributed by atoms with Crippen LogP contribution in [0.5, 0.6) is 0 Å². The number of hydrogen-bond acceptors (Lipinski definition) is 5. The van der Waals surface area contributed by atoms with Crippen LogP contribution >= 0.6 is 0 Å². The monoisotopic (exact) mass is 463 g/mol. The van der Waals surface area contributed by atoms with Crippen molar-refractivity contribution in [1.82, 2.24) is 24.8 Å². The van der Waals surface area contributed by atoms with E-state index in [2.05, 4.69) is 51.4 Å². The molecule has 1 aliphatic heterocycles. The van der Waals surface area contributed by atoms with Crippen LogP contribution in [0.25, 0.3) is 11.0 Å². The number of carbonyl (C=O) groups excluding carboxylic acids is 1. The molecule has 1 fully saturated rings. The number of piperidine rings is 1. The van der Waals surface area contributed by atoms with Crippen molar-refractivity contribution in [2.45, 2.75) is 65.6 Å². The van der Waals surface area contributed by atoms with Gasteiger partial charge in [0, 0.05) is 37.9 Å². The number of aryl methyl sites for hydroxylation is 2. The van der Waals surface area contributed by atoms with Gasteiger partial charge in [0.25, 0.3) is 11.5 Å². The second-order valence-electron chi connectivity index (χ2n) is 9.46. The number of amides is 1. The molecule has 180 valence electrons. The summed E-state index contributed by atoms with van der Waals surface area (Å²) in [6.07, 6.45) is 1.68. The lowest BCUT2D eigenvalue weighted by atomic mass is 10.0. The Morgan fingerprint density at radius 1 is 1.21 bits per heavy atom. The predicted molar refractivity (Wildman–Crippen MR) is 133 cm³/mol. The fourth-order valence-electron chi connectivity index (χ4n) is 4.63. The number of nitrogens with one attached hydrogen (secondary N) is 2. The number of benzene rings is 1. The van der Waals surface area contributed by atoms with Gasteiger partial charge in [0.15, 0.2) is 5.65 Å². The van der Waals surface area contributed by atoms with E-state index in [1.807, 2.05) is 20.8 Å². The highest BCUT2D eigenvalue weighted by molar-refractivity contribution is 6.05. The summed E-state index contributed by atoms with van der Waals surface area (Å²) >= 11 is 0. The van der Waals surface area contributed by atoms with Crippen molar-refractivity contribution in [1.29, 1.82) is 0 Å². The largest absolute Gasteiger partial charge is 0.349 e. The third kappa shape index (κ3) is 4.97. The number of carbonyl (C=O) groups is 1. The number of aromatic amines is 1. The van der Waals surface area contributed by atoms with Crippen molar-refractivity contribution in [3.8, 4) is 0 Å². The molecule has 1 amide bonds. The third-order valence-electron chi connectivity index (χ3n) is 6.53. The van der Waals surface area contributed by atoms with E-state index in [9.17, 15) is 14.4 Å². The number of pyridine rings is 1. The Morgan fingerprint density at radius 3 is 2.59 bits per heavy atom. The molecule has 0 radical (unpaired) electrons. The Kier molecular flexibility index (Phi) is 6.97. The fourth-order valence-corrected chi connectivity index (χ4v) is 4.63. The van der Waals surface area contributed by atoms with E-state index >= 15 is 0 Å². The Balaban J connectivity index is 1.54. The molecule has 0 bridgehead atoms. The van der Waals surface area contributed by atoms with Crippen LogP contribution in [0.15, 0.2) is 39.9 Å². The van der Waals surface area contributed by atoms with Crippen molar-refractivity contribution in [2.75, 3.05) is 13.1 Å². The first-order valence-corrected chi connectivity index (χ1v) is 12.0. The van der Waals surface area contributed by atoms with E-state index in [4.69, 9.17) is 0 Å². The summed E-state index contributed by atoms with van der Waals surface area (Å²) < 4.78 is 1.41. The van der Waals surface area contributed by atoms with Gasteiger partial charge in [-0.25, -0.2) is 9.78 Å². The summed E-state index contributed by atoms with van der Waals surface area (Å²) in [5.74, 6) is -0.251. The van der Waals surface area contributed by atoms with E-state index in [1.54, 1.807) is 6.07 Å². The molecule has 3 heterocycles. The summed E-state index contributed by atoms with van der Waals surface area (Å²) in [4.78, 5) is 47.7. The number of aromatic nitrogens is 3. The molecule has 1 saturated heterocycles. The molecule has 8 heteroatoms. The van der Waals surface area contributed by atoms with Crippen LogP contribution in [0.2, 0.25) is 0 Å². The van der Waals surface area contributed by atoms with Gasteiger partial charge in [-0.1, -0.05) is 43.7 Å². The smallest absolute Gasteiger partial charge is 0.329 e. The summed E-state index contributed by atoms with van der Waals surface area (Å²) in [5, 5.41) is 3.30. The zero-order chi connectivity index (χ0) is 24.4. The first-order valence-electron chi connectivity index (χ1n) is 12.0. The van der Waals surface area contributed by atoms with Crippen LogP contribution in [0.1, 0.15) is 66.7 Å². The molecule has 0 aliphatic carbocycles. The van der Waals surface area contributed by atoms with Crippen LogP contribution in [-0.2, 0) is 13.1 Å².